The van der Waals surface area contributed by atoms with Crippen LogP contribution in [0.15, 0.2) is 36.9 Å². The monoisotopic (exact) mass is 501 g/mol. The van der Waals surface area contributed by atoms with E-state index in [1.54, 1.807) is 24.3 Å². The van der Waals surface area contributed by atoms with Crippen molar-refractivity contribution in [2.24, 2.45) is 0 Å². The number of ether oxygens (including phenoxy) is 1. The van der Waals surface area contributed by atoms with E-state index in [0.29, 0.717) is 5.75 Å². The maximum atomic E-state index is 14.3. The third kappa shape index (κ3) is 3.67. The van der Waals surface area contributed by atoms with Crippen LogP contribution in [0.1, 0.15) is 11.8 Å². The highest BCUT2D eigenvalue weighted by Gasteiger charge is 2.61. The van der Waals surface area contributed by atoms with Gasteiger partial charge in [-0.2, -0.15) is 0 Å². The van der Waals surface area contributed by atoms with Crippen LogP contribution in [-0.2, 0) is 32.2 Å². The van der Waals surface area contributed by atoms with Gasteiger partial charge in [0.2, 0.25) is 0 Å². The zero-order valence-electron chi connectivity index (χ0n) is 16.7. The second kappa shape index (κ2) is 8.17. The van der Waals surface area contributed by atoms with Gasteiger partial charge in [-0.05, 0) is 6.07 Å². The van der Waals surface area contributed by atoms with Gasteiger partial charge in [0, 0.05) is 17.4 Å². The number of aromatic nitrogens is 4. The van der Waals surface area contributed by atoms with E-state index in [0.717, 1.165) is 5.56 Å². The maximum absolute atomic E-state index is 14.3. The van der Waals surface area contributed by atoms with Gasteiger partial charge < -0.3 is 25.2 Å². The van der Waals surface area contributed by atoms with Gasteiger partial charge in [0.15, 0.2) is 23.3 Å². The minimum Gasteiger partial charge on any atom is -0.424 e. The molecule has 15 heteroatoms. The van der Waals surface area contributed by atoms with Crippen molar-refractivity contribution < 1.29 is 37.3 Å². The van der Waals surface area contributed by atoms with Crippen molar-refractivity contribution in [2.75, 3.05) is 12.3 Å². The molecule has 0 saturated carbocycles. The summed E-state index contributed by atoms with van der Waals surface area (Å²) in [6.45, 7) is -4.32. The first kappa shape index (κ1) is 22.5. The van der Waals surface area contributed by atoms with Crippen LogP contribution in [0.4, 0.5) is 14.6 Å². The van der Waals surface area contributed by atoms with Crippen LogP contribution in [0.3, 0.4) is 0 Å². The fourth-order valence-electron chi connectivity index (χ4n) is 3.74. The number of anilines is 1. The number of nitrogens with zero attached hydrogens (tertiary/aromatic N) is 4. The molecule has 2 aliphatic heterocycles. The Morgan fingerprint density at radius 2 is 2.09 bits per heavy atom. The van der Waals surface area contributed by atoms with Crippen molar-refractivity contribution in [3.05, 3.63) is 42.5 Å². The van der Waals surface area contributed by atoms with E-state index in [1.807, 2.05) is 0 Å². The van der Waals surface area contributed by atoms with E-state index in [2.05, 4.69) is 15.0 Å². The third-order valence-corrected chi connectivity index (χ3v) is 7.67. The molecule has 1 saturated heterocycles. The number of halogens is 2. The number of fused-ring (bicyclic) bond motifs is 2. The first-order chi connectivity index (χ1) is 15.7. The highest BCUT2D eigenvalue weighted by Crippen LogP contribution is 2.56. The van der Waals surface area contributed by atoms with Crippen molar-refractivity contribution in [1.82, 2.24) is 19.5 Å². The van der Waals surface area contributed by atoms with Crippen LogP contribution in [0.25, 0.3) is 11.2 Å². The number of benzene rings is 1. The first-order valence-corrected chi connectivity index (χ1v) is 12.2. The van der Waals surface area contributed by atoms with Crippen molar-refractivity contribution in [3.63, 3.8) is 0 Å². The Morgan fingerprint density at radius 1 is 1.30 bits per heavy atom. The molecule has 1 fully saturated rings. The lowest BCUT2D eigenvalue weighted by molar-refractivity contribution is -0.192. The molecule has 3 aromatic rings. The van der Waals surface area contributed by atoms with Crippen molar-refractivity contribution >= 4 is 35.5 Å². The molecule has 11 nitrogen and oxygen atoms in total. The van der Waals surface area contributed by atoms with Gasteiger partial charge in [0.25, 0.3) is 6.43 Å². The molecule has 1 unspecified atom stereocenters. The molecular formula is C18H18F2N5O6PS. The van der Waals surface area contributed by atoms with Crippen molar-refractivity contribution in [2.45, 2.75) is 37.1 Å². The average Bonchev–Trinajstić information content (AvgIpc) is 3.33. The molecule has 0 spiro atoms. The summed E-state index contributed by atoms with van der Waals surface area (Å²) in [5.41, 5.74) is 4.27. The topological polar surface area (TPSA) is 147 Å². The number of aliphatic hydroxyl groups is 2. The first-order valence-electron chi connectivity index (χ1n) is 9.66. The molecule has 0 amide bonds. The molecule has 2 aliphatic rings. The van der Waals surface area contributed by atoms with E-state index < -0.39 is 43.8 Å². The Kier molecular flexibility index (Phi) is 5.56. The largest absolute Gasteiger partial charge is 0.424 e. The molecule has 0 bridgehead atoms. The summed E-state index contributed by atoms with van der Waals surface area (Å²) < 4.78 is 51.9. The second-order valence-electron chi connectivity index (χ2n) is 7.48. The number of imidazole rings is 1. The Bertz CT molecular complexity index is 1250. The molecule has 0 aliphatic carbocycles. The van der Waals surface area contributed by atoms with Crippen LogP contribution in [-0.4, -0.2) is 60.6 Å². The van der Waals surface area contributed by atoms with Gasteiger partial charge in [0.1, 0.15) is 36.1 Å². The Morgan fingerprint density at radius 3 is 2.88 bits per heavy atom. The zero-order chi connectivity index (χ0) is 23.4. The van der Waals surface area contributed by atoms with Crippen molar-refractivity contribution in [3.8, 4) is 5.75 Å². The van der Waals surface area contributed by atoms with Gasteiger partial charge in [-0.15, -0.1) is 0 Å². The third-order valence-electron chi connectivity index (χ3n) is 5.50. The standard InChI is InChI=1S/C18H18F2N5O6PS/c19-17(20)18(6-29-32(33)28-5-9-3-1-2-4-10(9)31-32)13(27)12(26)16(30-18)25-8-24-15-11(25)14(21)22-7-23-15/h1-4,7-8,12-13,16-17,26-27H,5-6H2,(H2,21,22,23)/t12-,13+,16-,18-,32?/m1/s1. The minimum absolute atomic E-state index is 0.00769. The molecular weight excluding hydrogens is 483 g/mol. The van der Waals surface area contributed by atoms with Crippen LogP contribution in [0, 0.1) is 0 Å². The Labute approximate surface area is 190 Å². The lowest BCUT2D eigenvalue weighted by atomic mass is 9.96. The van der Waals surface area contributed by atoms with Gasteiger partial charge in [0.05, 0.1) is 13.2 Å². The normalized spacial score (nSPS) is 31.6. The quantitative estimate of drug-likeness (QED) is 0.437. The van der Waals surface area contributed by atoms with Crippen LogP contribution in [0.2, 0.25) is 0 Å². The number of nitrogen functional groups attached to an aromatic ring is 1. The summed E-state index contributed by atoms with van der Waals surface area (Å²) in [6, 6.07) is 6.93. The predicted molar refractivity (Wildman–Crippen MR) is 113 cm³/mol. The van der Waals surface area contributed by atoms with Crippen molar-refractivity contribution in [1.29, 1.82) is 0 Å². The van der Waals surface area contributed by atoms with E-state index in [-0.39, 0.29) is 23.6 Å². The summed E-state index contributed by atoms with van der Waals surface area (Å²) in [6.07, 6.45) is -6.21. The lowest BCUT2D eigenvalue weighted by Crippen LogP contribution is -2.52. The summed E-state index contributed by atoms with van der Waals surface area (Å²) in [7, 11) is 0. The Balaban J connectivity index is 1.42. The van der Waals surface area contributed by atoms with E-state index in [1.165, 1.54) is 17.2 Å². The fraction of sp³-hybridized carbons (Fsp3) is 0.389. The molecule has 33 heavy (non-hydrogen) atoms. The van der Waals surface area contributed by atoms with Gasteiger partial charge >= 0.3 is 6.72 Å². The molecule has 1 aromatic carbocycles. The smallest absolute Gasteiger partial charge is 0.381 e. The molecule has 4 N–H and O–H groups in total. The van der Waals surface area contributed by atoms with Gasteiger partial charge in [-0.3, -0.25) is 13.6 Å². The van der Waals surface area contributed by atoms with Crippen LogP contribution in [0.5, 0.6) is 5.75 Å². The average molecular weight is 501 g/mol. The molecule has 5 rings (SSSR count). The number of hydrogen-bond donors (Lipinski definition) is 3. The highest BCUT2D eigenvalue weighted by molar-refractivity contribution is 8.07. The maximum Gasteiger partial charge on any atom is 0.381 e. The van der Waals surface area contributed by atoms with Crippen LogP contribution < -0.4 is 10.3 Å². The number of rotatable bonds is 5. The molecule has 176 valence electrons. The summed E-state index contributed by atoms with van der Waals surface area (Å²) in [5, 5.41) is 21.2. The predicted octanol–water partition coefficient (Wildman–Crippen LogP) is 1.51. The summed E-state index contributed by atoms with van der Waals surface area (Å²) in [5.74, 6) is 0.413. The molecule has 0 radical (unpaired) electrons. The molecule has 2 aromatic heterocycles. The second-order valence-corrected chi connectivity index (χ2v) is 10.4. The lowest BCUT2D eigenvalue weighted by Gasteiger charge is -2.34. The van der Waals surface area contributed by atoms with E-state index in [4.69, 9.17) is 35.8 Å². The molecule has 4 heterocycles. The number of alkyl halides is 2. The van der Waals surface area contributed by atoms with Gasteiger partial charge in [-0.25, -0.2) is 23.7 Å². The highest BCUT2D eigenvalue weighted by atomic mass is 32.5. The number of para-hydroxylation sites is 1. The summed E-state index contributed by atoms with van der Waals surface area (Å²) >= 11 is 5.31. The minimum atomic E-state index is -3.49. The molecule has 5 atom stereocenters. The number of hydrogen-bond acceptors (Lipinski definition) is 11. The Hall–Kier alpha value is -2.32. The number of nitrogens with two attached hydrogens (primary N) is 1. The van der Waals surface area contributed by atoms with Crippen LogP contribution >= 0.6 is 6.72 Å². The number of aliphatic hydroxyl groups excluding tert-OH is 2. The SMILES string of the molecule is Nc1ncnc2ncn([C@@H]3O[C@@](COP4(=S)OCc5ccccc5O4)(C(F)F)[C@@H](O)[C@H]3O)c12. The zero-order valence-corrected chi connectivity index (χ0v) is 18.4. The van der Waals surface area contributed by atoms with E-state index >= 15 is 0 Å². The van der Waals surface area contributed by atoms with Gasteiger partial charge in [-0.1, -0.05) is 18.2 Å². The van der Waals surface area contributed by atoms with E-state index in [9.17, 15) is 19.0 Å². The summed E-state index contributed by atoms with van der Waals surface area (Å²) in [4.78, 5) is 11.8. The fourth-order valence-corrected chi connectivity index (χ4v) is 5.55.